The van der Waals surface area contributed by atoms with Crippen LogP contribution in [-0.2, 0) is 6.42 Å². The van der Waals surface area contributed by atoms with Crippen molar-refractivity contribution in [2.45, 2.75) is 13.3 Å². The van der Waals surface area contributed by atoms with Gasteiger partial charge in [-0.15, -0.1) is 0 Å². The standard InChI is InChI=1S/C27H21N5O2/c1-4-18-7-5-6-8-23(18)19-9-11-20(12-10-19)31-17-29-24-25(27(31)33)32(30-26(24)28-2)21-13-15-22(34-3)16-14-21/h5-17H,4H2,1,3H3. The molecule has 2 aromatic heterocycles. The number of hydrogen-bond donors (Lipinski definition) is 0. The Morgan fingerprint density at radius 3 is 2.35 bits per heavy atom. The van der Waals surface area contributed by atoms with Crippen molar-refractivity contribution in [3.8, 4) is 28.3 Å². The lowest BCUT2D eigenvalue weighted by Gasteiger charge is -2.10. The molecule has 0 saturated carbocycles. The van der Waals surface area contributed by atoms with Gasteiger partial charge in [-0.2, -0.15) is 4.68 Å². The van der Waals surface area contributed by atoms with E-state index in [0.29, 0.717) is 17.1 Å². The first kappa shape index (κ1) is 21.2. The van der Waals surface area contributed by atoms with Crippen LogP contribution in [0.4, 0.5) is 5.82 Å². The predicted molar refractivity (Wildman–Crippen MR) is 132 cm³/mol. The molecule has 0 aliphatic rings. The van der Waals surface area contributed by atoms with E-state index >= 15 is 0 Å². The summed E-state index contributed by atoms with van der Waals surface area (Å²) in [5.74, 6) is 0.771. The van der Waals surface area contributed by atoms with Crippen LogP contribution in [0.1, 0.15) is 12.5 Å². The summed E-state index contributed by atoms with van der Waals surface area (Å²) in [5, 5.41) is 4.35. The number of ether oxygens (including phenoxy) is 1. The van der Waals surface area contributed by atoms with Crippen molar-refractivity contribution in [1.82, 2.24) is 19.3 Å². The van der Waals surface area contributed by atoms with E-state index in [2.05, 4.69) is 34.0 Å². The van der Waals surface area contributed by atoms with Gasteiger partial charge in [-0.05, 0) is 64.6 Å². The first-order valence-corrected chi connectivity index (χ1v) is 10.9. The van der Waals surface area contributed by atoms with Gasteiger partial charge in [-0.25, -0.2) is 4.98 Å². The van der Waals surface area contributed by atoms with E-state index in [4.69, 9.17) is 11.3 Å². The van der Waals surface area contributed by atoms with Gasteiger partial charge >= 0.3 is 5.82 Å². The average Bonchev–Trinajstić information content (AvgIpc) is 3.29. The van der Waals surface area contributed by atoms with Crippen molar-refractivity contribution in [2.24, 2.45) is 0 Å². The molecule has 166 valence electrons. The number of nitrogens with zero attached hydrogens (tertiary/aromatic N) is 5. The number of benzene rings is 3. The van der Waals surface area contributed by atoms with Gasteiger partial charge in [0, 0.05) is 0 Å². The van der Waals surface area contributed by atoms with E-state index in [0.717, 1.165) is 12.0 Å². The van der Waals surface area contributed by atoms with Gasteiger partial charge in [0.05, 0.1) is 18.5 Å². The molecule has 0 aliphatic heterocycles. The van der Waals surface area contributed by atoms with Crippen molar-refractivity contribution in [3.05, 3.63) is 106 Å². The van der Waals surface area contributed by atoms with Crippen LogP contribution in [0.25, 0.3) is 38.4 Å². The minimum absolute atomic E-state index is 0.0848. The van der Waals surface area contributed by atoms with E-state index in [1.165, 1.54) is 26.7 Å². The Morgan fingerprint density at radius 2 is 1.68 bits per heavy atom. The first-order valence-electron chi connectivity index (χ1n) is 10.9. The number of rotatable bonds is 5. The molecule has 0 radical (unpaired) electrons. The molecular weight excluding hydrogens is 426 g/mol. The predicted octanol–water partition coefficient (Wildman–Crippen LogP) is 5.36. The minimum atomic E-state index is -0.301. The summed E-state index contributed by atoms with van der Waals surface area (Å²) in [7, 11) is 1.59. The molecule has 0 N–H and O–H groups in total. The Labute approximate surface area is 196 Å². The fourth-order valence-electron chi connectivity index (χ4n) is 4.07. The molecule has 0 spiro atoms. The maximum atomic E-state index is 13.6. The Balaban J connectivity index is 1.63. The zero-order chi connectivity index (χ0) is 23.7. The number of hydrogen-bond acceptors (Lipinski definition) is 4. The average molecular weight is 447 g/mol. The van der Waals surface area contributed by atoms with Crippen molar-refractivity contribution < 1.29 is 4.74 Å². The van der Waals surface area contributed by atoms with Gasteiger partial charge in [0.2, 0.25) is 0 Å². The molecule has 0 atom stereocenters. The van der Waals surface area contributed by atoms with Crippen LogP contribution in [0.15, 0.2) is 83.9 Å². The van der Waals surface area contributed by atoms with Gasteiger partial charge in [0.1, 0.15) is 17.6 Å². The van der Waals surface area contributed by atoms with Gasteiger partial charge < -0.3 is 9.58 Å². The van der Waals surface area contributed by atoms with Gasteiger partial charge in [-0.3, -0.25) is 9.36 Å². The largest absolute Gasteiger partial charge is 0.497 e. The molecule has 0 aliphatic carbocycles. The number of fused-ring (bicyclic) bond motifs is 1. The molecule has 0 fully saturated rings. The molecule has 0 saturated heterocycles. The third-order valence-corrected chi connectivity index (χ3v) is 5.84. The van der Waals surface area contributed by atoms with E-state index in [1.807, 2.05) is 36.4 Å². The maximum Gasteiger partial charge on any atom is 0.322 e. The van der Waals surface area contributed by atoms with Crippen LogP contribution in [-0.4, -0.2) is 26.4 Å². The summed E-state index contributed by atoms with van der Waals surface area (Å²) in [6, 6.07) is 23.3. The molecule has 34 heavy (non-hydrogen) atoms. The second-order valence-electron chi connectivity index (χ2n) is 7.72. The fraction of sp³-hybridized carbons (Fsp3) is 0.111. The van der Waals surface area contributed by atoms with Gasteiger partial charge in [0.25, 0.3) is 5.56 Å². The van der Waals surface area contributed by atoms with Crippen LogP contribution in [0.2, 0.25) is 0 Å². The fourth-order valence-corrected chi connectivity index (χ4v) is 4.07. The normalized spacial score (nSPS) is 10.9. The van der Waals surface area contributed by atoms with Crippen molar-refractivity contribution in [3.63, 3.8) is 0 Å². The quantitative estimate of drug-likeness (QED) is 0.340. The SMILES string of the molecule is [C-]#[N+]c1nn(-c2ccc(OC)cc2)c2c(=O)n(-c3ccc(-c4ccccc4CC)cc3)cnc12. The van der Waals surface area contributed by atoms with E-state index < -0.39 is 0 Å². The third kappa shape index (κ3) is 3.51. The Morgan fingerprint density at radius 1 is 0.971 bits per heavy atom. The summed E-state index contributed by atoms with van der Waals surface area (Å²) in [4.78, 5) is 21.4. The molecular formula is C27H21N5O2. The van der Waals surface area contributed by atoms with Gasteiger partial charge in [-0.1, -0.05) is 49.9 Å². The van der Waals surface area contributed by atoms with E-state index in [-0.39, 0.29) is 22.4 Å². The molecule has 5 aromatic rings. The Kier molecular flexibility index (Phi) is 5.40. The molecule has 0 unspecified atom stereocenters. The van der Waals surface area contributed by atoms with Crippen molar-refractivity contribution in [2.75, 3.05) is 7.11 Å². The third-order valence-electron chi connectivity index (χ3n) is 5.84. The zero-order valence-corrected chi connectivity index (χ0v) is 18.8. The van der Waals surface area contributed by atoms with Crippen LogP contribution in [0.3, 0.4) is 0 Å². The van der Waals surface area contributed by atoms with Crippen molar-refractivity contribution >= 4 is 16.9 Å². The summed E-state index contributed by atoms with van der Waals surface area (Å²) in [5.41, 5.74) is 5.08. The van der Waals surface area contributed by atoms with E-state index in [9.17, 15) is 4.79 Å². The summed E-state index contributed by atoms with van der Waals surface area (Å²) < 4.78 is 8.17. The molecule has 0 amide bonds. The zero-order valence-electron chi connectivity index (χ0n) is 18.8. The highest BCUT2D eigenvalue weighted by Crippen LogP contribution is 2.27. The molecule has 7 heteroatoms. The lowest BCUT2D eigenvalue weighted by atomic mass is 9.98. The summed E-state index contributed by atoms with van der Waals surface area (Å²) >= 11 is 0. The van der Waals surface area contributed by atoms with Crippen LogP contribution in [0.5, 0.6) is 5.75 Å². The maximum absolute atomic E-state index is 13.6. The minimum Gasteiger partial charge on any atom is -0.497 e. The van der Waals surface area contributed by atoms with E-state index in [1.54, 1.807) is 31.4 Å². The number of aryl methyl sites for hydroxylation is 1. The highest BCUT2D eigenvalue weighted by Gasteiger charge is 2.20. The molecule has 3 aromatic carbocycles. The smallest absolute Gasteiger partial charge is 0.322 e. The Bertz CT molecular complexity index is 1590. The summed E-state index contributed by atoms with van der Waals surface area (Å²) in [6.45, 7) is 9.61. The highest BCUT2D eigenvalue weighted by atomic mass is 16.5. The number of methoxy groups -OCH3 is 1. The molecule has 7 nitrogen and oxygen atoms in total. The Hall–Kier alpha value is -4.70. The van der Waals surface area contributed by atoms with Crippen molar-refractivity contribution in [1.29, 1.82) is 0 Å². The molecule has 2 heterocycles. The van der Waals surface area contributed by atoms with Crippen LogP contribution >= 0.6 is 0 Å². The lowest BCUT2D eigenvalue weighted by molar-refractivity contribution is 0.414. The van der Waals surface area contributed by atoms with Gasteiger partial charge in [0.15, 0.2) is 5.52 Å². The van der Waals surface area contributed by atoms with Crippen LogP contribution < -0.4 is 10.3 Å². The first-order chi connectivity index (χ1) is 16.6. The topological polar surface area (TPSA) is 66.3 Å². The number of aromatic nitrogens is 4. The highest BCUT2D eigenvalue weighted by molar-refractivity contribution is 5.87. The molecule has 0 bridgehead atoms. The molecule has 5 rings (SSSR count). The summed E-state index contributed by atoms with van der Waals surface area (Å²) in [6.07, 6.45) is 2.39. The second kappa shape index (κ2) is 8.68. The van der Waals surface area contributed by atoms with Crippen LogP contribution in [0, 0.1) is 6.57 Å². The lowest BCUT2D eigenvalue weighted by Crippen LogP contribution is -2.21. The monoisotopic (exact) mass is 447 g/mol. The second-order valence-corrected chi connectivity index (χ2v) is 7.72.